The number of urea groups is 1. The third-order valence-electron chi connectivity index (χ3n) is 6.63. The summed E-state index contributed by atoms with van der Waals surface area (Å²) in [6, 6.07) is 13.3. The summed E-state index contributed by atoms with van der Waals surface area (Å²) in [5, 5.41) is 19.9. The molecule has 4 N–H and O–H groups in total. The smallest absolute Gasteiger partial charge is 0.337 e. The first kappa shape index (κ1) is 34.1. The molecular weight excluding hydrogens is 667 g/mol. The molecule has 1 aliphatic heterocycles. The number of carbonyl (C=O) groups is 2. The van der Waals surface area contributed by atoms with Gasteiger partial charge < -0.3 is 39.4 Å². The fourth-order valence-corrected chi connectivity index (χ4v) is 5.13. The molecule has 46 heavy (non-hydrogen) atoms. The van der Waals surface area contributed by atoms with E-state index in [-0.39, 0.29) is 24.6 Å². The van der Waals surface area contributed by atoms with E-state index in [1.54, 1.807) is 56.3 Å². The number of esters is 1. The van der Waals surface area contributed by atoms with Gasteiger partial charge in [0.05, 0.1) is 43.1 Å². The molecule has 4 rings (SSSR count). The predicted octanol–water partition coefficient (Wildman–Crippen LogP) is 4.70. The first-order valence-electron chi connectivity index (χ1n) is 14.1. The highest BCUT2D eigenvalue weighted by Gasteiger charge is 2.32. The van der Waals surface area contributed by atoms with Crippen LogP contribution >= 0.6 is 15.9 Å². The number of ether oxygens (including phenoxy) is 5. The zero-order chi connectivity index (χ0) is 33.2. The second-order valence-electron chi connectivity index (χ2n) is 9.87. The lowest BCUT2D eigenvalue weighted by molar-refractivity contribution is -0.136. The van der Waals surface area contributed by atoms with Crippen LogP contribution in [0.4, 0.5) is 9.18 Å². The summed E-state index contributed by atoms with van der Waals surface area (Å²) in [5.41, 5.74) is 5.11. The molecular formula is C32H34BrFN4O8. The van der Waals surface area contributed by atoms with Gasteiger partial charge >= 0.3 is 12.0 Å². The Morgan fingerprint density at radius 2 is 1.91 bits per heavy atom. The third-order valence-corrected chi connectivity index (χ3v) is 7.22. The van der Waals surface area contributed by atoms with Crippen LogP contribution in [0.25, 0.3) is 0 Å². The standard InChI is InChI=1S/C32H34BrFN4O8/c1-5-44-25-14-21(29-28(31(40)43-4)18(2)36-32(41)37-29)9-10-24(25)45-17-27(39)38-35-15-20-12-23(33)30(26(13-20)42-3)46-16-19-7-6-8-22(34)11-19/h6-15,27,29,38-39H,5,16-17H2,1-4H3,(H2,36,37,41)/b35-15-/t27-,29+/m0/s1. The third kappa shape index (κ3) is 8.67. The van der Waals surface area contributed by atoms with Gasteiger partial charge in [-0.2, -0.15) is 5.10 Å². The van der Waals surface area contributed by atoms with E-state index in [1.165, 1.54) is 32.6 Å². The summed E-state index contributed by atoms with van der Waals surface area (Å²) >= 11 is 3.48. The maximum Gasteiger partial charge on any atom is 0.337 e. The molecule has 12 nitrogen and oxygen atoms in total. The van der Waals surface area contributed by atoms with Crippen LogP contribution in [0, 0.1) is 5.82 Å². The molecule has 0 aliphatic carbocycles. The van der Waals surface area contributed by atoms with Crippen LogP contribution in [0.5, 0.6) is 23.0 Å². The average molecular weight is 702 g/mol. The Morgan fingerprint density at radius 3 is 2.63 bits per heavy atom. The molecule has 0 saturated heterocycles. The maximum absolute atomic E-state index is 13.5. The van der Waals surface area contributed by atoms with Crippen molar-refractivity contribution >= 4 is 34.1 Å². The van der Waals surface area contributed by atoms with E-state index in [0.717, 1.165) is 0 Å². The largest absolute Gasteiger partial charge is 0.493 e. The summed E-state index contributed by atoms with van der Waals surface area (Å²) in [4.78, 5) is 24.6. The molecule has 244 valence electrons. The number of allylic oxidation sites excluding steroid dienone is 1. The first-order chi connectivity index (χ1) is 22.1. The predicted molar refractivity (Wildman–Crippen MR) is 170 cm³/mol. The molecule has 2 amide bonds. The Labute approximate surface area is 273 Å². The summed E-state index contributed by atoms with van der Waals surface area (Å²) in [5.74, 6) is 0.617. The first-order valence-corrected chi connectivity index (χ1v) is 14.9. The number of hydrogen-bond acceptors (Lipinski definition) is 10. The minimum absolute atomic E-state index is 0.140. The van der Waals surface area contributed by atoms with E-state index >= 15 is 0 Å². The Bertz CT molecular complexity index is 1630. The normalized spacial score (nSPS) is 15.1. The van der Waals surface area contributed by atoms with Crippen molar-refractivity contribution < 1.29 is 42.8 Å². The van der Waals surface area contributed by atoms with Crippen molar-refractivity contribution in [2.24, 2.45) is 5.10 Å². The molecule has 0 unspecified atom stereocenters. The van der Waals surface area contributed by atoms with E-state index in [1.807, 2.05) is 0 Å². The molecule has 0 saturated carbocycles. The van der Waals surface area contributed by atoms with Crippen molar-refractivity contribution in [1.82, 2.24) is 16.1 Å². The van der Waals surface area contributed by atoms with Crippen molar-refractivity contribution in [3.63, 3.8) is 0 Å². The second-order valence-corrected chi connectivity index (χ2v) is 10.7. The Kier molecular flexibility index (Phi) is 11.8. The number of aliphatic hydroxyl groups is 1. The van der Waals surface area contributed by atoms with Crippen LogP contribution in [0.15, 0.2) is 75.4 Å². The number of halogens is 2. The monoisotopic (exact) mass is 700 g/mol. The lowest BCUT2D eigenvalue weighted by Gasteiger charge is -2.28. The molecule has 3 aromatic carbocycles. The highest BCUT2D eigenvalue weighted by molar-refractivity contribution is 9.10. The maximum atomic E-state index is 13.5. The van der Waals surface area contributed by atoms with E-state index < -0.39 is 24.3 Å². The molecule has 14 heteroatoms. The van der Waals surface area contributed by atoms with Crippen molar-refractivity contribution in [1.29, 1.82) is 0 Å². The zero-order valence-electron chi connectivity index (χ0n) is 25.6. The van der Waals surface area contributed by atoms with Gasteiger partial charge in [-0.15, -0.1) is 0 Å². The van der Waals surface area contributed by atoms with Crippen LogP contribution in [0.3, 0.4) is 0 Å². The van der Waals surface area contributed by atoms with Crippen LogP contribution in [-0.4, -0.2) is 57.0 Å². The van der Waals surface area contributed by atoms with Gasteiger partial charge in [0.2, 0.25) is 0 Å². The van der Waals surface area contributed by atoms with Crippen LogP contribution in [0.2, 0.25) is 0 Å². The lowest BCUT2D eigenvalue weighted by Crippen LogP contribution is -2.45. The topological polar surface area (TPSA) is 149 Å². The molecule has 0 spiro atoms. The zero-order valence-corrected chi connectivity index (χ0v) is 27.1. The molecule has 0 radical (unpaired) electrons. The lowest BCUT2D eigenvalue weighted by atomic mass is 9.95. The number of amides is 2. The molecule has 0 bridgehead atoms. The van der Waals surface area contributed by atoms with E-state index in [9.17, 15) is 19.1 Å². The van der Waals surface area contributed by atoms with Gasteiger partial charge in [-0.25, -0.2) is 14.0 Å². The van der Waals surface area contributed by atoms with Crippen LogP contribution < -0.4 is 35.0 Å². The molecule has 2 atom stereocenters. The van der Waals surface area contributed by atoms with Gasteiger partial charge in [0.25, 0.3) is 0 Å². The Morgan fingerprint density at radius 1 is 1.11 bits per heavy atom. The van der Waals surface area contributed by atoms with Crippen molar-refractivity contribution in [3.8, 4) is 23.0 Å². The quantitative estimate of drug-likeness (QED) is 0.0813. The number of aliphatic hydroxyl groups excluding tert-OH is 1. The second kappa shape index (κ2) is 16.0. The van der Waals surface area contributed by atoms with Crippen LogP contribution in [-0.2, 0) is 16.1 Å². The minimum atomic E-state index is -1.19. The number of nitrogens with one attached hydrogen (secondary N) is 3. The minimum Gasteiger partial charge on any atom is -0.493 e. The van der Waals surface area contributed by atoms with Gasteiger partial charge in [0.1, 0.15) is 19.0 Å². The van der Waals surface area contributed by atoms with Crippen molar-refractivity contribution in [2.45, 2.75) is 32.7 Å². The Hall–Kier alpha value is -4.82. The number of benzene rings is 3. The molecule has 1 heterocycles. The van der Waals surface area contributed by atoms with Crippen molar-refractivity contribution in [3.05, 3.63) is 92.8 Å². The number of hydrogen-bond donors (Lipinski definition) is 4. The van der Waals surface area contributed by atoms with Gasteiger partial charge in [-0.1, -0.05) is 18.2 Å². The van der Waals surface area contributed by atoms with Crippen molar-refractivity contribution in [2.75, 3.05) is 27.4 Å². The number of rotatable bonds is 14. The van der Waals surface area contributed by atoms with Crippen LogP contribution in [0.1, 0.15) is 36.6 Å². The summed E-state index contributed by atoms with van der Waals surface area (Å²) < 4.78 is 41.9. The number of nitrogens with zero attached hydrogens (tertiary/aromatic N) is 1. The van der Waals surface area contributed by atoms with E-state index in [4.69, 9.17) is 23.7 Å². The van der Waals surface area contributed by atoms with Gasteiger partial charge in [0, 0.05) is 5.70 Å². The van der Waals surface area contributed by atoms with Gasteiger partial charge in [-0.05, 0) is 82.9 Å². The average Bonchev–Trinajstić information content (AvgIpc) is 3.03. The molecule has 1 aliphatic rings. The SMILES string of the molecule is CCOc1cc([C@H]2NC(=O)NC(C)=C2C(=O)OC)ccc1OC[C@H](O)N/N=C\c1cc(Br)c(OCc2cccc(F)c2)c(OC)c1. The van der Waals surface area contributed by atoms with E-state index in [2.05, 4.69) is 37.1 Å². The van der Waals surface area contributed by atoms with Gasteiger partial charge in [-0.3, -0.25) is 5.43 Å². The highest BCUT2D eigenvalue weighted by Crippen LogP contribution is 2.37. The van der Waals surface area contributed by atoms with Gasteiger partial charge in [0.15, 0.2) is 29.2 Å². The fraction of sp³-hybridized carbons (Fsp3) is 0.281. The number of methoxy groups -OCH3 is 2. The number of carbonyl (C=O) groups excluding carboxylic acids is 2. The number of hydrazone groups is 1. The molecule has 0 aromatic heterocycles. The highest BCUT2D eigenvalue weighted by atomic mass is 79.9. The molecule has 0 fully saturated rings. The van der Waals surface area contributed by atoms with E-state index in [0.29, 0.717) is 56.5 Å². The summed E-state index contributed by atoms with van der Waals surface area (Å²) in [7, 11) is 2.76. The summed E-state index contributed by atoms with van der Waals surface area (Å²) in [6.07, 6.45) is 0.291. The fourth-order valence-electron chi connectivity index (χ4n) is 4.56. The summed E-state index contributed by atoms with van der Waals surface area (Å²) in [6.45, 7) is 3.69. The molecule has 3 aromatic rings. The Balaban J connectivity index is 1.39.